The average Bonchev–Trinajstić information content (AvgIpc) is 1.12. The summed E-state index contributed by atoms with van der Waals surface area (Å²) in [6.07, 6.45) is 0. The molecule has 0 aliphatic heterocycles. The molecule has 12 heteroatoms. The third-order valence-electron chi connectivity index (χ3n) is 0. The summed E-state index contributed by atoms with van der Waals surface area (Å²) in [4.78, 5) is 0. The van der Waals surface area contributed by atoms with Gasteiger partial charge in [0, 0.05) is 36.5 Å². The van der Waals surface area contributed by atoms with Crippen LogP contribution < -0.4 is 0 Å². The van der Waals surface area contributed by atoms with Crippen molar-refractivity contribution in [1.29, 1.82) is 0 Å². The summed E-state index contributed by atoms with van der Waals surface area (Å²) in [5.74, 6) is 0. The van der Waals surface area contributed by atoms with E-state index in [1.54, 1.807) is 0 Å². The molecule has 0 atom stereocenters. The third-order valence-corrected chi connectivity index (χ3v) is 0. The molecule has 4 N–H and O–H groups in total. The predicted molar refractivity (Wildman–Crippen MR) is 28.4 cm³/mol. The van der Waals surface area contributed by atoms with E-state index in [9.17, 15) is 0 Å². The first-order valence-corrected chi connectivity index (χ1v) is 4.19. The van der Waals surface area contributed by atoms with E-state index in [0.29, 0.717) is 0 Å². The Morgan fingerprint density at radius 3 is 0.667 bits per heavy atom. The van der Waals surface area contributed by atoms with Crippen LogP contribution in [0.3, 0.4) is 0 Å². The SMILES string of the molecule is O=S(=O)(O)O.O=S(=O)(O)O.[Cu].[Zn]. The van der Waals surface area contributed by atoms with E-state index in [4.69, 9.17) is 35.0 Å². The van der Waals surface area contributed by atoms with E-state index in [1.807, 2.05) is 0 Å². The molecule has 0 saturated heterocycles. The Kier molecular flexibility index (Phi) is 16.3. The Labute approximate surface area is 92.1 Å². The van der Waals surface area contributed by atoms with Crippen LogP contribution in [0, 0.1) is 0 Å². The zero-order chi connectivity index (χ0) is 9.00. The first-order chi connectivity index (χ1) is 4.00. The summed E-state index contributed by atoms with van der Waals surface area (Å²) in [7, 11) is -9.33. The van der Waals surface area contributed by atoms with Crippen LogP contribution in [0.4, 0.5) is 0 Å². The van der Waals surface area contributed by atoms with Gasteiger partial charge in [0.1, 0.15) is 0 Å². The van der Waals surface area contributed by atoms with Crippen molar-refractivity contribution in [1.82, 2.24) is 0 Å². The van der Waals surface area contributed by atoms with Crippen molar-refractivity contribution >= 4 is 20.8 Å². The quantitative estimate of drug-likeness (QED) is 0.317. The van der Waals surface area contributed by atoms with Gasteiger partial charge in [-0.3, -0.25) is 18.2 Å². The fourth-order valence-corrected chi connectivity index (χ4v) is 0. The molecule has 0 spiro atoms. The molecule has 0 aromatic heterocycles. The summed E-state index contributed by atoms with van der Waals surface area (Å²) >= 11 is 0. The molecule has 77 valence electrons. The van der Waals surface area contributed by atoms with Gasteiger partial charge in [-0.2, -0.15) is 16.8 Å². The molecule has 0 rings (SSSR count). The number of hydrogen-bond acceptors (Lipinski definition) is 4. The van der Waals surface area contributed by atoms with Gasteiger partial charge in [-0.15, -0.1) is 0 Å². The maximum absolute atomic E-state index is 8.74. The minimum absolute atomic E-state index is 0. The van der Waals surface area contributed by atoms with Crippen LogP contribution >= 0.6 is 0 Å². The van der Waals surface area contributed by atoms with Crippen LogP contribution in [0.25, 0.3) is 0 Å². The minimum atomic E-state index is -4.67. The van der Waals surface area contributed by atoms with Gasteiger partial charge < -0.3 is 0 Å². The van der Waals surface area contributed by atoms with Crippen molar-refractivity contribution in [3.05, 3.63) is 0 Å². The second-order valence-corrected chi connectivity index (χ2v) is 2.69. The van der Waals surface area contributed by atoms with Crippen molar-refractivity contribution in [3.63, 3.8) is 0 Å². The van der Waals surface area contributed by atoms with Crippen LogP contribution in [0.1, 0.15) is 0 Å². The molecule has 1 radical (unpaired) electrons. The molecule has 0 amide bonds. The van der Waals surface area contributed by atoms with Gasteiger partial charge in [0.05, 0.1) is 0 Å². The topological polar surface area (TPSA) is 149 Å². The van der Waals surface area contributed by atoms with Crippen LogP contribution in [-0.2, 0) is 57.3 Å². The number of rotatable bonds is 0. The van der Waals surface area contributed by atoms with Crippen LogP contribution in [0.2, 0.25) is 0 Å². The molecular formula is H4CuO8S2Zn. The molecule has 0 aromatic rings. The minimum Gasteiger partial charge on any atom is -0.264 e. The molecule has 8 nitrogen and oxygen atoms in total. The van der Waals surface area contributed by atoms with Crippen molar-refractivity contribution in [2.75, 3.05) is 0 Å². The Balaban J connectivity index is -0.0000000457. The molecule has 0 aromatic carbocycles. The van der Waals surface area contributed by atoms with Crippen LogP contribution in [-0.4, -0.2) is 35.0 Å². The van der Waals surface area contributed by atoms with Crippen molar-refractivity contribution in [2.45, 2.75) is 0 Å². The second kappa shape index (κ2) is 8.48. The molecular weight excluding hydrogens is 321 g/mol. The molecule has 0 bridgehead atoms. The first kappa shape index (κ1) is 23.1. The fourth-order valence-electron chi connectivity index (χ4n) is 0. The molecule has 0 heterocycles. The molecule has 0 saturated carbocycles. The molecule has 12 heavy (non-hydrogen) atoms. The van der Waals surface area contributed by atoms with Crippen molar-refractivity contribution in [3.8, 4) is 0 Å². The fraction of sp³-hybridized carbons (Fsp3) is 0. The van der Waals surface area contributed by atoms with Gasteiger partial charge in [-0.05, 0) is 0 Å². The summed E-state index contributed by atoms with van der Waals surface area (Å²) in [6, 6.07) is 0. The van der Waals surface area contributed by atoms with E-state index < -0.39 is 20.8 Å². The second-order valence-electron chi connectivity index (χ2n) is 0.896. The monoisotopic (exact) mass is 323 g/mol. The van der Waals surface area contributed by atoms with E-state index in [2.05, 4.69) is 0 Å². The smallest absolute Gasteiger partial charge is 0.264 e. The molecule has 0 aliphatic rings. The summed E-state index contributed by atoms with van der Waals surface area (Å²) in [6.45, 7) is 0. The van der Waals surface area contributed by atoms with E-state index in [1.165, 1.54) is 0 Å². The predicted octanol–water partition coefficient (Wildman–Crippen LogP) is -1.31. The molecule has 0 fully saturated rings. The number of hydrogen-bond donors (Lipinski definition) is 4. The average molecular weight is 325 g/mol. The van der Waals surface area contributed by atoms with Gasteiger partial charge in [0.25, 0.3) is 0 Å². The van der Waals surface area contributed by atoms with Crippen LogP contribution in [0.15, 0.2) is 0 Å². The Morgan fingerprint density at radius 1 is 0.667 bits per heavy atom. The summed E-state index contributed by atoms with van der Waals surface area (Å²) < 4.78 is 63.2. The van der Waals surface area contributed by atoms with Crippen LogP contribution in [0.5, 0.6) is 0 Å². The zero-order valence-electron chi connectivity index (χ0n) is 5.25. The maximum atomic E-state index is 8.74. The van der Waals surface area contributed by atoms with Gasteiger partial charge in [0.15, 0.2) is 0 Å². The van der Waals surface area contributed by atoms with Gasteiger partial charge >= 0.3 is 20.8 Å². The molecule has 0 aliphatic carbocycles. The van der Waals surface area contributed by atoms with E-state index >= 15 is 0 Å². The largest absolute Gasteiger partial charge is 0.394 e. The standard InChI is InChI=1S/Cu.2H2O4S.Zn/c;2*1-5(2,3)4;/h;2*(H2,1,2,3,4);. The van der Waals surface area contributed by atoms with E-state index in [0.717, 1.165) is 0 Å². The van der Waals surface area contributed by atoms with Gasteiger partial charge in [-0.25, -0.2) is 0 Å². The Bertz CT molecular complexity index is 213. The van der Waals surface area contributed by atoms with Gasteiger partial charge in [0.2, 0.25) is 0 Å². The molecule has 0 unspecified atom stereocenters. The summed E-state index contributed by atoms with van der Waals surface area (Å²) in [5, 5.41) is 0. The Morgan fingerprint density at radius 2 is 0.667 bits per heavy atom. The van der Waals surface area contributed by atoms with Gasteiger partial charge in [-0.1, -0.05) is 0 Å². The third kappa shape index (κ3) is 1360. The zero-order valence-corrected chi connectivity index (χ0v) is 10.8. The Hall–Kier alpha value is 0.883. The normalized spacial score (nSPS) is 9.67. The maximum Gasteiger partial charge on any atom is 0.394 e. The summed E-state index contributed by atoms with van der Waals surface area (Å²) in [5.41, 5.74) is 0. The van der Waals surface area contributed by atoms with Crippen molar-refractivity contribution < 1.29 is 71.6 Å². The van der Waals surface area contributed by atoms with E-state index in [-0.39, 0.29) is 36.5 Å². The van der Waals surface area contributed by atoms with Crippen molar-refractivity contribution in [2.24, 2.45) is 0 Å². The first-order valence-electron chi connectivity index (χ1n) is 1.40.